The summed E-state index contributed by atoms with van der Waals surface area (Å²) in [7, 11) is 0. The molecule has 1 atom stereocenters. The van der Waals surface area contributed by atoms with Crippen LogP contribution in [0.5, 0.6) is 0 Å². The summed E-state index contributed by atoms with van der Waals surface area (Å²) in [6, 6.07) is 0. The van der Waals surface area contributed by atoms with Gasteiger partial charge in [0, 0.05) is 6.54 Å². The molecule has 0 rings (SSSR count). The average molecular weight is 246 g/mol. The lowest BCUT2D eigenvalue weighted by Gasteiger charge is -2.31. The van der Waals surface area contributed by atoms with E-state index in [-0.39, 0.29) is 11.2 Å². The van der Waals surface area contributed by atoms with E-state index in [1.165, 1.54) is 0 Å². The molecule has 0 radical (unpaired) electrons. The maximum Gasteiger partial charge on any atom is 0.0664 e. The quantitative estimate of drug-likeness (QED) is 0.615. The lowest BCUT2D eigenvalue weighted by atomic mass is 9.98. The molecule has 0 saturated carbocycles. The molecule has 4 N–H and O–H groups in total. The standard InChI is InChI=1S/C13H30N2O2/c1-5-13(4,6-8-14)17-10-7-12(2,3)16-11-9-15/h5-11,14-15H2,1-4H3. The van der Waals surface area contributed by atoms with Crippen LogP contribution >= 0.6 is 0 Å². The topological polar surface area (TPSA) is 70.5 Å². The van der Waals surface area contributed by atoms with Crippen LogP contribution in [0.3, 0.4) is 0 Å². The van der Waals surface area contributed by atoms with E-state index in [1.807, 2.05) is 0 Å². The summed E-state index contributed by atoms with van der Waals surface area (Å²) in [4.78, 5) is 0. The summed E-state index contributed by atoms with van der Waals surface area (Å²) >= 11 is 0. The Bertz CT molecular complexity index is 198. The van der Waals surface area contributed by atoms with Crippen molar-refractivity contribution < 1.29 is 9.47 Å². The van der Waals surface area contributed by atoms with Gasteiger partial charge in [0.2, 0.25) is 0 Å². The van der Waals surface area contributed by atoms with Crippen molar-refractivity contribution in [3.05, 3.63) is 0 Å². The molecule has 0 aliphatic carbocycles. The van der Waals surface area contributed by atoms with Crippen LogP contribution in [-0.2, 0) is 9.47 Å². The summed E-state index contributed by atoms with van der Waals surface area (Å²) in [5, 5.41) is 0. The van der Waals surface area contributed by atoms with Crippen molar-refractivity contribution in [1.29, 1.82) is 0 Å². The molecule has 0 spiro atoms. The Morgan fingerprint density at radius 2 is 1.53 bits per heavy atom. The molecule has 4 heteroatoms. The molecule has 104 valence electrons. The first kappa shape index (κ1) is 16.8. The minimum atomic E-state index is -0.170. The third-order valence-electron chi connectivity index (χ3n) is 3.19. The van der Waals surface area contributed by atoms with Gasteiger partial charge >= 0.3 is 0 Å². The van der Waals surface area contributed by atoms with Gasteiger partial charge in [-0.15, -0.1) is 0 Å². The van der Waals surface area contributed by atoms with E-state index >= 15 is 0 Å². The Balaban J connectivity index is 3.94. The number of hydrogen-bond donors (Lipinski definition) is 2. The Labute approximate surface area is 106 Å². The molecule has 0 heterocycles. The summed E-state index contributed by atoms with van der Waals surface area (Å²) < 4.78 is 11.6. The molecule has 0 aromatic heterocycles. The van der Waals surface area contributed by atoms with E-state index in [1.54, 1.807) is 0 Å². The molecule has 0 bridgehead atoms. The van der Waals surface area contributed by atoms with Crippen LogP contribution in [0, 0.1) is 0 Å². The first-order valence-electron chi connectivity index (χ1n) is 6.57. The van der Waals surface area contributed by atoms with Crippen molar-refractivity contribution >= 4 is 0 Å². The number of ether oxygens (including phenoxy) is 2. The molecule has 0 aromatic carbocycles. The van der Waals surface area contributed by atoms with Gasteiger partial charge in [-0.2, -0.15) is 0 Å². The van der Waals surface area contributed by atoms with Gasteiger partial charge in [-0.1, -0.05) is 6.92 Å². The van der Waals surface area contributed by atoms with Gasteiger partial charge in [0.05, 0.1) is 24.4 Å². The Kier molecular flexibility index (Phi) is 7.96. The van der Waals surface area contributed by atoms with E-state index in [9.17, 15) is 0 Å². The minimum Gasteiger partial charge on any atom is -0.375 e. The van der Waals surface area contributed by atoms with Crippen LogP contribution in [0.15, 0.2) is 0 Å². The van der Waals surface area contributed by atoms with Crippen LogP contribution in [0.1, 0.15) is 47.0 Å². The third kappa shape index (κ3) is 7.71. The maximum atomic E-state index is 5.94. The van der Waals surface area contributed by atoms with E-state index in [0.717, 1.165) is 19.3 Å². The van der Waals surface area contributed by atoms with Crippen LogP contribution in [0.25, 0.3) is 0 Å². The summed E-state index contributed by atoms with van der Waals surface area (Å²) in [6.45, 7) is 10.9. The second kappa shape index (κ2) is 8.03. The van der Waals surface area contributed by atoms with Gasteiger partial charge in [0.25, 0.3) is 0 Å². The van der Waals surface area contributed by atoms with Crippen LogP contribution < -0.4 is 11.5 Å². The molecule has 0 aliphatic heterocycles. The average Bonchev–Trinajstić information content (AvgIpc) is 2.26. The normalized spacial score (nSPS) is 15.9. The maximum absolute atomic E-state index is 5.94. The smallest absolute Gasteiger partial charge is 0.0664 e. The first-order chi connectivity index (χ1) is 7.89. The second-order valence-corrected chi connectivity index (χ2v) is 5.34. The van der Waals surface area contributed by atoms with Gasteiger partial charge in [0.1, 0.15) is 0 Å². The molecule has 4 nitrogen and oxygen atoms in total. The highest BCUT2D eigenvalue weighted by Crippen LogP contribution is 2.22. The van der Waals surface area contributed by atoms with Crippen molar-refractivity contribution in [3.63, 3.8) is 0 Å². The lowest BCUT2D eigenvalue weighted by Crippen LogP contribution is -2.34. The molecule has 0 saturated heterocycles. The number of rotatable bonds is 10. The van der Waals surface area contributed by atoms with Crippen molar-refractivity contribution in [2.24, 2.45) is 11.5 Å². The van der Waals surface area contributed by atoms with Crippen LogP contribution in [0.4, 0.5) is 0 Å². The molecule has 0 fully saturated rings. The molecule has 0 amide bonds. The predicted molar refractivity (Wildman–Crippen MR) is 72.0 cm³/mol. The van der Waals surface area contributed by atoms with E-state index < -0.39 is 0 Å². The van der Waals surface area contributed by atoms with Crippen LogP contribution in [-0.4, -0.2) is 37.5 Å². The van der Waals surface area contributed by atoms with Gasteiger partial charge in [-0.05, 0) is 46.6 Å². The summed E-state index contributed by atoms with van der Waals surface area (Å²) in [6.07, 6.45) is 2.75. The fraction of sp³-hybridized carbons (Fsp3) is 1.00. The number of nitrogens with two attached hydrogens (primary N) is 2. The zero-order valence-corrected chi connectivity index (χ0v) is 11.9. The summed E-state index contributed by atoms with van der Waals surface area (Å²) in [5.41, 5.74) is 10.8. The van der Waals surface area contributed by atoms with E-state index in [0.29, 0.717) is 26.3 Å². The highest BCUT2D eigenvalue weighted by molar-refractivity contribution is 4.75. The lowest BCUT2D eigenvalue weighted by molar-refractivity contribution is -0.0799. The fourth-order valence-corrected chi connectivity index (χ4v) is 1.61. The predicted octanol–water partition coefficient (Wildman–Crippen LogP) is 1.66. The van der Waals surface area contributed by atoms with Crippen molar-refractivity contribution in [3.8, 4) is 0 Å². The monoisotopic (exact) mass is 246 g/mol. The van der Waals surface area contributed by atoms with Gasteiger partial charge < -0.3 is 20.9 Å². The zero-order valence-electron chi connectivity index (χ0n) is 11.9. The van der Waals surface area contributed by atoms with Gasteiger partial charge in [-0.25, -0.2) is 0 Å². The molecular formula is C13H30N2O2. The van der Waals surface area contributed by atoms with Crippen molar-refractivity contribution in [2.75, 3.05) is 26.3 Å². The molecule has 1 unspecified atom stereocenters. The first-order valence-corrected chi connectivity index (χ1v) is 6.57. The van der Waals surface area contributed by atoms with Gasteiger partial charge in [-0.3, -0.25) is 0 Å². The van der Waals surface area contributed by atoms with Gasteiger partial charge in [0.15, 0.2) is 0 Å². The highest BCUT2D eigenvalue weighted by Gasteiger charge is 2.24. The largest absolute Gasteiger partial charge is 0.375 e. The van der Waals surface area contributed by atoms with E-state index in [4.69, 9.17) is 20.9 Å². The Morgan fingerprint density at radius 1 is 0.882 bits per heavy atom. The Hall–Kier alpha value is -0.160. The molecular weight excluding hydrogens is 216 g/mol. The highest BCUT2D eigenvalue weighted by atomic mass is 16.5. The molecule has 0 aliphatic rings. The van der Waals surface area contributed by atoms with E-state index in [2.05, 4.69) is 27.7 Å². The molecule has 17 heavy (non-hydrogen) atoms. The fourth-order valence-electron chi connectivity index (χ4n) is 1.61. The second-order valence-electron chi connectivity index (χ2n) is 5.34. The number of hydrogen-bond acceptors (Lipinski definition) is 4. The third-order valence-corrected chi connectivity index (χ3v) is 3.19. The molecule has 0 aromatic rings. The van der Waals surface area contributed by atoms with Crippen molar-refractivity contribution in [1.82, 2.24) is 0 Å². The van der Waals surface area contributed by atoms with Crippen LogP contribution in [0.2, 0.25) is 0 Å². The SMILES string of the molecule is CCC(C)(CCN)OCCC(C)(C)OCCN. The minimum absolute atomic E-state index is 0.0985. The van der Waals surface area contributed by atoms with Crippen molar-refractivity contribution in [2.45, 2.75) is 58.2 Å². The Morgan fingerprint density at radius 3 is 2.00 bits per heavy atom. The zero-order chi connectivity index (χ0) is 13.4. The summed E-state index contributed by atoms with van der Waals surface area (Å²) in [5.74, 6) is 0.